The molecule has 1 aromatic carbocycles. The van der Waals surface area contributed by atoms with Crippen LogP contribution in [0.5, 0.6) is 5.75 Å². The van der Waals surface area contributed by atoms with Gasteiger partial charge < -0.3 is 4.74 Å². The highest BCUT2D eigenvalue weighted by Crippen LogP contribution is 2.35. The standard InChI is InChI=1S/C10H7Cl2NO2/c1-2-3-15-10-5-9(13-6-14)7(11)4-8(10)12/h2,4-5H,1,3H2. The van der Waals surface area contributed by atoms with E-state index in [0.717, 1.165) is 0 Å². The summed E-state index contributed by atoms with van der Waals surface area (Å²) in [5, 5.41) is 0.626. The molecule has 0 spiro atoms. The fraction of sp³-hybridized carbons (Fsp3) is 0.100. The Balaban J connectivity index is 3.10. The smallest absolute Gasteiger partial charge is 0.240 e. The van der Waals surface area contributed by atoms with Gasteiger partial charge >= 0.3 is 0 Å². The molecule has 0 saturated carbocycles. The van der Waals surface area contributed by atoms with Gasteiger partial charge in [-0.15, -0.1) is 0 Å². The SMILES string of the molecule is C=CCOc1cc(N=C=O)c(Cl)cc1Cl. The molecule has 0 saturated heterocycles. The normalized spacial score (nSPS) is 9.20. The van der Waals surface area contributed by atoms with Gasteiger partial charge in [0, 0.05) is 6.07 Å². The maximum Gasteiger partial charge on any atom is 0.240 e. The van der Waals surface area contributed by atoms with Crippen LogP contribution in [-0.2, 0) is 4.79 Å². The Kier molecular flexibility index (Phi) is 4.37. The zero-order valence-corrected chi connectivity index (χ0v) is 9.18. The largest absolute Gasteiger partial charge is 0.488 e. The third-order valence-electron chi connectivity index (χ3n) is 1.52. The van der Waals surface area contributed by atoms with Gasteiger partial charge in [-0.1, -0.05) is 35.9 Å². The number of hydrogen-bond acceptors (Lipinski definition) is 3. The molecule has 0 aliphatic rings. The Morgan fingerprint density at radius 3 is 2.80 bits per heavy atom. The van der Waals surface area contributed by atoms with Crippen LogP contribution in [0.1, 0.15) is 0 Å². The van der Waals surface area contributed by atoms with E-state index in [4.69, 9.17) is 27.9 Å². The molecule has 0 atom stereocenters. The first-order valence-corrected chi connectivity index (χ1v) is 4.75. The molecule has 0 fully saturated rings. The summed E-state index contributed by atoms with van der Waals surface area (Å²) >= 11 is 11.6. The minimum Gasteiger partial charge on any atom is -0.488 e. The fourth-order valence-electron chi connectivity index (χ4n) is 0.913. The van der Waals surface area contributed by atoms with Crippen LogP contribution in [0.15, 0.2) is 29.8 Å². The van der Waals surface area contributed by atoms with Crippen LogP contribution in [0.25, 0.3) is 0 Å². The summed E-state index contributed by atoms with van der Waals surface area (Å²) < 4.78 is 5.23. The second kappa shape index (κ2) is 5.56. The summed E-state index contributed by atoms with van der Waals surface area (Å²) in [6.45, 7) is 3.81. The van der Waals surface area contributed by atoms with E-state index < -0.39 is 0 Å². The van der Waals surface area contributed by atoms with Crippen LogP contribution in [0, 0.1) is 0 Å². The minimum atomic E-state index is 0.273. The number of ether oxygens (including phenoxy) is 1. The van der Waals surface area contributed by atoms with Crippen molar-refractivity contribution in [3.63, 3.8) is 0 Å². The summed E-state index contributed by atoms with van der Waals surface area (Å²) in [4.78, 5) is 13.5. The third kappa shape index (κ3) is 3.10. The van der Waals surface area contributed by atoms with Gasteiger partial charge in [-0.2, -0.15) is 4.99 Å². The van der Waals surface area contributed by atoms with Crippen LogP contribution in [0.4, 0.5) is 5.69 Å². The summed E-state index contributed by atoms with van der Waals surface area (Å²) in [7, 11) is 0. The predicted octanol–water partition coefficient (Wildman–Crippen LogP) is 3.53. The van der Waals surface area contributed by atoms with E-state index in [2.05, 4.69) is 11.6 Å². The monoisotopic (exact) mass is 243 g/mol. The Hall–Kier alpha value is -1.28. The molecule has 1 rings (SSSR count). The number of isocyanates is 1. The Morgan fingerprint density at radius 1 is 1.47 bits per heavy atom. The summed E-state index contributed by atoms with van der Waals surface area (Å²) in [5.41, 5.74) is 0.273. The molecule has 1 aromatic rings. The highest BCUT2D eigenvalue weighted by Gasteiger charge is 2.07. The van der Waals surface area contributed by atoms with Gasteiger partial charge in [-0.25, -0.2) is 4.79 Å². The van der Waals surface area contributed by atoms with Crippen LogP contribution < -0.4 is 4.74 Å². The van der Waals surface area contributed by atoms with Gasteiger partial charge in [0.25, 0.3) is 0 Å². The van der Waals surface area contributed by atoms with Gasteiger partial charge in [0.15, 0.2) is 0 Å². The van der Waals surface area contributed by atoms with Crippen molar-refractivity contribution >= 4 is 35.0 Å². The number of benzene rings is 1. The number of halogens is 2. The number of carbonyl (C=O) groups excluding carboxylic acids is 1. The van der Waals surface area contributed by atoms with Crippen molar-refractivity contribution < 1.29 is 9.53 Å². The second-order valence-corrected chi connectivity index (χ2v) is 3.35. The number of nitrogens with zero attached hydrogens (tertiary/aromatic N) is 1. The molecule has 0 unspecified atom stereocenters. The Morgan fingerprint density at radius 2 is 2.20 bits per heavy atom. The van der Waals surface area contributed by atoms with Crippen molar-refractivity contribution in [2.45, 2.75) is 0 Å². The molecule has 15 heavy (non-hydrogen) atoms. The van der Waals surface area contributed by atoms with Gasteiger partial charge in [-0.05, 0) is 6.07 Å². The molecule has 0 bridgehead atoms. The van der Waals surface area contributed by atoms with Gasteiger partial charge in [0.1, 0.15) is 12.4 Å². The van der Waals surface area contributed by atoms with Crippen LogP contribution in [0.2, 0.25) is 10.0 Å². The average Bonchev–Trinajstić information content (AvgIpc) is 2.20. The molecule has 0 N–H and O–H groups in total. The van der Waals surface area contributed by atoms with Gasteiger partial charge in [-0.3, -0.25) is 0 Å². The van der Waals surface area contributed by atoms with Gasteiger partial charge in [0.2, 0.25) is 6.08 Å². The van der Waals surface area contributed by atoms with E-state index in [1.54, 1.807) is 6.08 Å². The minimum absolute atomic E-state index is 0.273. The van der Waals surface area contributed by atoms with E-state index >= 15 is 0 Å². The maximum absolute atomic E-state index is 10.1. The first-order chi connectivity index (χ1) is 7.19. The zero-order valence-electron chi connectivity index (χ0n) is 7.67. The van der Waals surface area contributed by atoms with Gasteiger partial charge in [0.05, 0.1) is 15.7 Å². The summed E-state index contributed by atoms with van der Waals surface area (Å²) in [6.07, 6.45) is 2.98. The van der Waals surface area contributed by atoms with Crippen molar-refractivity contribution in [3.05, 3.63) is 34.8 Å². The van der Waals surface area contributed by atoms with Crippen molar-refractivity contribution in [1.29, 1.82) is 0 Å². The molecule has 0 amide bonds. The number of rotatable bonds is 4. The average molecular weight is 244 g/mol. The fourth-order valence-corrected chi connectivity index (χ4v) is 1.39. The number of aliphatic imine (C=N–C) groups is 1. The van der Waals surface area contributed by atoms with Crippen LogP contribution in [-0.4, -0.2) is 12.7 Å². The van der Waals surface area contributed by atoms with E-state index in [1.165, 1.54) is 18.2 Å². The van der Waals surface area contributed by atoms with E-state index in [9.17, 15) is 4.79 Å². The third-order valence-corrected chi connectivity index (χ3v) is 2.12. The molecule has 78 valence electrons. The Labute approximate surface area is 97.0 Å². The lowest BCUT2D eigenvalue weighted by Gasteiger charge is -2.06. The topological polar surface area (TPSA) is 38.7 Å². The number of hydrogen-bond donors (Lipinski definition) is 0. The first-order valence-electron chi connectivity index (χ1n) is 3.99. The van der Waals surface area contributed by atoms with E-state index in [-0.39, 0.29) is 10.7 Å². The predicted molar refractivity (Wildman–Crippen MR) is 59.9 cm³/mol. The van der Waals surface area contributed by atoms with E-state index in [0.29, 0.717) is 17.4 Å². The van der Waals surface area contributed by atoms with Crippen molar-refractivity contribution in [2.24, 2.45) is 4.99 Å². The maximum atomic E-state index is 10.1. The summed E-state index contributed by atoms with van der Waals surface area (Å²) in [5.74, 6) is 0.398. The van der Waals surface area contributed by atoms with Crippen LogP contribution in [0.3, 0.4) is 0 Å². The quantitative estimate of drug-likeness (QED) is 0.461. The summed E-state index contributed by atoms with van der Waals surface area (Å²) in [6, 6.07) is 2.93. The molecular weight excluding hydrogens is 237 g/mol. The highest BCUT2D eigenvalue weighted by molar-refractivity contribution is 6.37. The van der Waals surface area contributed by atoms with Crippen molar-refractivity contribution in [3.8, 4) is 5.75 Å². The zero-order chi connectivity index (χ0) is 11.3. The lowest BCUT2D eigenvalue weighted by molar-refractivity contribution is 0.363. The highest BCUT2D eigenvalue weighted by atomic mass is 35.5. The lowest BCUT2D eigenvalue weighted by atomic mass is 10.3. The molecule has 3 nitrogen and oxygen atoms in total. The van der Waals surface area contributed by atoms with E-state index in [1.807, 2.05) is 0 Å². The Bertz CT molecular complexity index is 426. The molecule has 0 aromatic heterocycles. The van der Waals surface area contributed by atoms with Crippen molar-refractivity contribution in [2.75, 3.05) is 6.61 Å². The molecule has 5 heteroatoms. The molecular formula is C10H7Cl2NO2. The van der Waals surface area contributed by atoms with Crippen LogP contribution >= 0.6 is 23.2 Å². The molecule has 0 heterocycles. The molecule has 0 radical (unpaired) electrons. The first kappa shape index (κ1) is 11.8. The second-order valence-electron chi connectivity index (χ2n) is 2.54. The molecule has 0 aliphatic heterocycles. The lowest BCUT2D eigenvalue weighted by Crippen LogP contribution is -1.93. The van der Waals surface area contributed by atoms with Crippen molar-refractivity contribution in [1.82, 2.24) is 0 Å². The molecule has 0 aliphatic carbocycles.